The van der Waals surface area contributed by atoms with Gasteiger partial charge < -0.3 is 29.0 Å². The molecule has 3 unspecified atom stereocenters. The molecule has 1 aliphatic carbocycles. The molecule has 1 aromatic heterocycles. The molecule has 1 saturated carbocycles. The van der Waals surface area contributed by atoms with Gasteiger partial charge in [-0.3, -0.25) is 4.90 Å². The molecule has 1 N–H and O–H groups in total. The molecule has 7 nitrogen and oxygen atoms in total. The molecule has 0 spiro atoms. The molecule has 3 atom stereocenters. The Balaban J connectivity index is 1.18. The van der Waals surface area contributed by atoms with E-state index in [1.54, 1.807) is 18.4 Å². The van der Waals surface area contributed by atoms with Crippen molar-refractivity contribution < 1.29 is 24.1 Å². The van der Waals surface area contributed by atoms with Gasteiger partial charge in [0.15, 0.2) is 11.5 Å². The van der Waals surface area contributed by atoms with Gasteiger partial charge in [-0.1, -0.05) is 42.8 Å². The van der Waals surface area contributed by atoms with Gasteiger partial charge in [-0.2, -0.15) is 0 Å². The Labute approximate surface area is 306 Å². The molecule has 7 rings (SSSR count). The van der Waals surface area contributed by atoms with Crippen molar-refractivity contribution in [2.45, 2.75) is 63.4 Å². The van der Waals surface area contributed by atoms with E-state index in [9.17, 15) is 5.11 Å². The van der Waals surface area contributed by atoms with E-state index in [-0.39, 0.29) is 6.10 Å². The van der Waals surface area contributed by atoms with E-state index in [1.165, 1.54) is 19.3 Å². The van der Waals surface area contributed by atoms with Crippen molar-refractivity contribution in [1.29, 1.82) is 0 Å². The molecule has 268 valence electrons. The number of ether oxygens (including phenoxy) is 4. The summed E-state index contributed by atoms with van der Waals surface area (Å²) in [7, 11) is 5.92. The summed E-state index contributed by atoms with van der Waals surface area (Å²) in [5, 5.41) is 13.2. The van der Waals surface area contributed by atoms with E-state index < -0.39 is 6.10 Å². The van der Waals surface area contributed by atoms with Crippen molar-refractivity contribution in [3.05, 3.63) is 108 Å². The summed E-state index contributed by atoms with van der Waals surface area (Å²) >= 11 is 1.67. The van der Waals surface area contributed by atoms with E-state index in [0.29, 0.717) is 30.8 Å². The smallest absolute Gasteiger partial charge is 0.161 e. The summed E-state index contributed by atoms with van der Waals surface area (Å²) < 4.78 is 25.9. The van der Waals surface area contributed by atoms with E-state index in [1.807, 2.05) is 54.6 Å². The highest BCUT2D eigenvalue weighted by molar-refractivity contribution is 7.22. The zero-order valence-electron chi connectivity index (χ0n) is 30.1. The summed E-state index contributed by atoms with van der Waals surface area (Å²) in [5.74, 6) is 2.99. The third kappa shape index (κ3) is 8.36. The molecule has 0 bridgehead atoms. The fourth-order valence-electron chi connectivity index (χ4n) is 7.50. The van der Waals surface area contributed by atoms with Gasteiger partial charge in [-0.25, -0.2) is 0 Å². The minimum atomic E-state index is -0.895. The van der Waals surface area contributed by atoms with Gasteiger partial charge in [0.05, 0.1) is 7.11 Å². The maximum Gasteiger partial charge on any atom is 0.161 e. The van der Waals surface area contributed by atoms with Gasteiger partial charge in [0.1, 0.15) is 36.9 Å². The largest absolute Gasteiger partial charge is 0.493 e. The number of aliphatic hydroxyl groups excluding tert-OH is 1. The van der Waals surface area contributed by atoms with E-state index in [4.69, 9.17) is 18.9 Å². The highest BCUT2D eigenvalue weighted by atomic mass is 32.1. The standard InChI is InChI=1S/C43H50N2O5S/c1-44(2)36-13-7-8-14-37(36)50-38-22-17-32(27-39(38)47-3)42(46)41-35-21-20-34(49-29-30-11-5-4-6-12-30)28-40(35)51-43(41)31-15-18-33(19-16-31)48-26-25-45-23-9-10-24-45/h4-6,11-12,15-22,27-28,36-37,42,46H,7-10,13-14,23-26,29H2,1-3H3. The number of thiophene rings is 1. The number of hydrogen-bond donors (Lipinski definition) is 1. The van der Waals surface area contributed by atoms with Crippen LogP contribution in [0.2, 0.25) is 0 Å². The van der Waals surface area contributed by atoms with Crippen LogP contribution in [0.1, 0.15) is 61.3 Å². The molecule has 8 heteroatoms. The molecule has 1 aliphatic heterocycles. The van der Waals surface area contributed by atoms with Crippen LogP contribution >= 0.6 is 11.3 Å². The quantitative estimate of drug-likeness (QED) is 0.124. The van der Waals surface area contributed by atoms with Crippen LogP contribution in [-0.4, -0.2) is 74.5 Å². The number of aliphatic hydroxyl groups is 1. The SMILES string of the molecule is COc1cc(C(O)c2c(-c3ccc(OCCN4CCCC4)cc3)sc3cc(OCc4ccccc4)ccc23)ccc1OC1CCCCC1N(C)C. The zero-order valence-corrected chi connectivity index (χ0v) is 30.9. The summed E-state index contributed by atoms with van der Waals surface area (Å²) in [4.78, 5) is 5.74. The van der Waals surface area contributed by atoms with Gasteiger partial charge in [-0.05, 0) is 136 Å². The van der Waals surface area contributed by atoms with Crippen molar-refractivity contribution in [3.63, 3.8) is 0 Å². The minimum Gasteiger partial charge on any atom is -0.493 e. The lowest BCUT2D eigenvalue weighted by Crippen LogP contribution is -2.44. The van der Waals surface area contributed by atoms with Gasteiger partial charge in [0, 0.05) is 27.7 Å². The molecule has 2 heterocycles. The summed E-state index contributed by atoms with van der Waals surface area (Å²) in [6.45, 7) is 4.45. The zero-order chi connectivity index (χ0) is 35.2. The molecule has 51 heavy (non-hydrogen) atoms. The van der Waals surface area contributed by atoms with Gasteiger partial charge >= 0.3 is 0 Å². The Kier molecular flexibility index (Phi) is 11.4. The molecule has 4 aromatic carbocycles. The van der Waals surface area contributed by atoms with Crippen LogP contribution in [0.15, 0.2) is 91.0 Å². The maximum atomic E-state index is 12.2. The predicted octanol–water partition coefficient (Wildman–Crippen LogP) is 8.96. The second kappa shape index (κ2) is 16.5. The molecule has 2 fully saturated rings. The number of fused-ring (bicyclic) bond motifs is 1. The predicted molar refractivity (Wildman–Crippen MR) is 207 cm³/mol. The lowest BCUT2D eigenvalue weighted by molar-refractivity contribution is 0.0601. The molecule has 1 saturated heterocycles. The van der Waals surface area contributed by atoms with Crippen molar-refractivity contribution in [2.24, 2.45) is 0 Å². The van der Waals surface area contributed by atoms with E-state index in [0.717, 1.165) is 87.6 Å². The van der Waals surface area contributed by atoms with Crippen LogP contribution in [0.25, 0.3) is 20.5 Å². The van der Waals surface area contributed by atoms with Gasteiger partial charge in [0.2, 0.25) is 0 Å². The molecule has 5 aromatic rings. The number of likely N-dealkylation sites (N-methyl/N-ethyl adjacent to an activating group) is 1. The average molecular weight is 707 g/mol. The summed E-state index contributed by atoms with van der Waals surface area (Å²) in [5.41, 5.74) is 3.76. The number of likely N-dealkylation sites (tertiary alicyclic amines) is 1. The van der Waals surface area contributed by atoms with Gasteiger partial charge in [0.25, 0.3) is 0 Å². The average Bonchev–Trinajstić information content (AvgIpc) is 3.83. The van der Waals surface area contributed by atoms with Crippen molar-refractivity contribution in [3.8, 4) is 33.4 Å². The molecular weight excluding hydrogens is 657 g/mol. The minimum absolute atomic E-state index is 0.0938. The highest BCUT2D eigenvalue weighted by Crippen LogP contribution is 2.46. The number of hydrogen-bond acceptors (Lipinski definition) is 8. The fourth-order valence-corrected chi connectivity index (χ4v) is 8.77. The second-order valence-electron chi connectivity index (χ2n) is 14.0. The third-order valence-corrected chi connectivity index (χ3v) is 11.5. The topological polar surface area (TPSA) is 63.6 Å². The maximum absolute atomic E-state index is 12.2. The Morgan fingerprint density at radius 1 is 0.824 bits per heavy atom. The van der Waals surface area contributed by atoms with Crippen molar-refractivity contribution in [2.75, 3.05) is 47.4 Å². The monoisotopic (exact) mass is 706 g/mol. The molecule has 0 amide bonds. The molecular formula is C43H50N2O5S. The van der Waals surface area contributed by atoms with Crippen LogP contribution in [0, 0.1) is 0 Å². The first-order chi connectivity index (χ1) is 25.0. The first-order valence-electron chi connectivity index (χ1n) is 18.3. The number of rotatable bonds is 14. The Bertz CT molecular complexity index is 1870. The highest BCUT2D eigenvalue weighted by Gasteiger charge is 2.30. The fraction of sp³-hybridized carbons (Fsp3) is 0.395. The van der Waals surface area contributed by atoms with Crippen LogP contribution in [0.4, 0.5) is 0 Å². The normalized spacial score (nSPS) is 18.6. The van der Waals surface area contributed by atoms with E-state index >= 15 is 0 Å². The first kappa shape index (κ1) is 35.3. The Morgan fingerprint density at radius 3 is 2.35 bits per heavy atom. The number of methoxy groups -OCH3 is 1. The first-order valence-corrected chi connectivity index (χ1v) is 19.2. The number of benzene rings is 4. The van der Waals surface area contributed by atoms with Gasteiger partial charge in [-0.15, -0.1) is 11.3 Å². The van der Waals surface area contributed by atoms with Crippen LogP contribution in [-0.2, 0) is 6.61 Å². The molecule has 0 radical (unpaired) electrons. The Hall–Kier alpha value is -4.08. The lowest BCUT2D eigenvalue weighted by Gasteiger charge is -2.36. The Morgan fingerprint density at radius 2 is 1.59 bits per heavy atom. The lowest BCUT2D eigenvalue weighted by atomic mass is 9.91. The van der Waals surface area contributed by atoms with E-state index in [2.05, 4.69) is 60.3 Å². The third-order valence-electron chi connectivity index (χ3n) is 10.3. The second-order valence-corrected chi connectivity index (χ2v) is 15.0. The van der Waals surface area contributed by atoms with Crippen molar-refractivity contribution >= 4 is 21.4 Å². The summed E-state index contributed by atoms with van der Waals surface area (Å²) in [6, 6.07) is 30.8. The summed E-state index contributed by atoms with van der Waals surface area (Å²) in [6.07, 6.45) is 6.27. The van der Waals surface area contributed by atoms with Crippen LogP contribution in [0.5, 0.6) is 23.0 Å². The van der Waals surface area contributed by atoms with Crippen LogP contribution < -0.4 is 18.9 Å². The van der Waals surface area contributed by atoms with Crippen LogP contribution in [0.3, 0.4) is 0 Å². The molecule has 2 aliphatic rings. The number of nitrogens with zero attached hydrogens (tertiary/aromatic N) is 2. The van der Waals surface area contributed by atoms with Crippen molar-refractivity contribution in [1.82, 2.24) is 9.80 Å².